The van der Waals surface area contributed by atoms with E-state index in [2.05, 4.69) is 10.5 Å². The Balaban J connectivity index is 1.73. The summed E-state index contributed by atoms with van der Waals surface area (Å²) in [6.45, 7) is 3.61. The summed E-state index contributed by atoms with van der Waals surface area (Å²) in [5, 5.41) is 7.38. The molecule has 0 atom stereocenters. The van der Waals surface area contributed by atoms with Crippen molar-refractivity contribution in [3.05, 3.63) is 66.1 Å². The summed E-state index contributed by atoms with van der Waals surface area (Å²) in [6, 6.07) is 13.2. The lowest BCUT2D eigenvalue weighted by Gasteiger charge is -2.10. The highest BCUT2D eigenvalue weighted by atomic mass is 16.5. The van der Waals surface area contributed by atoms with E-state index in [1.165, 1.54) is 6.08 Å². The van der Waals surface area contributed by atoms with E-state index in [0.717, 1.165) is 33.4 Å². The minimum absolute atomic E-state index is 0.312. The molecule has 0 saturated heterocycles. The van der Waals surface area contributed by atoms with Crippen LogP contribution in [0.4, 0.5) is 5.82 Å². The molecule has 4 aromatic rings. The van der Waals surface area contributed by atoms with Crippen molar-refractivity contribution >= 4 is 28.3 Å². The lowest BCUT2D eigenvalue weighted by Crippen LogP contribution is -2.08. The van der Waals surface area contributed by atoms with Gasteiger partial charge < -0.3 is 23.7 Å². The lowest BCUT2D eigenvalue weighted by atomic mass is 9.99. The Hall–Kier alpha value is -4.00. The van der Waals surface area contributed by atoms with Crippen molar-refractivity contribution in [1.29, 1.82) is 0 Å². The van der Waals surface area contributed by atoms with Crippen molar-refractivity contribution in [2.24, 2.45) is 0 Å². The number of aryl methyl sites for hydroxylation is 1. The van der Waals surface area contributed by atoms with Crippen LogP contribution in [0.15, 0.2) is 63.7 Å². The first kappa shape index (κ1) is 20.3. The molecule has 0 aliphatic heterocycles. The smallest absolute Gasteiger partial charge is 0.249 e. The van der Waals surface area contributed by atoms with Crippen LogP contribution >= 0.6 is 0 Å². The molecule has 0 spiro atoms. The number of fused-ring (bicyclic) bond motifs is 1. The summed E-state index contributed by atoms with van der Waals surface area (Å²) in [5.41, 5.74) is 4.10. The van der Waals surface area contributed by atoms with Crippen LogP contribution in [0.5, 0.6) is 11.5 Å². The number of nitrogens with zero attached hydrogens (tertiary/aromatic N) is 1. The van der Waals surface area contributed by atoms with Gasteiger partial charge in [-0.3, -0.25) is 4.79 Å². The zero-order chi connectivity index (χ0) is 22.0. The van der Waals surface area contributed by atoms with Gasteiger partial charge in [-0.05, 0) is 43.2 Å². The monoisotopic (exact) mass is 418 g/mol. The van der Waals surface area contributed by atoms with Gasteiger partial charge >= 0.3 is 0 Å². The van der Waals surface area contributed by atoms with Crippen LogP contribution in [-0.4, -0.2) is 25.3 Å². The Morgan fingerprint density at radius 2 is 1.97 bits per heavy atom. The van der Waals surface area contributed by atoms with Crippen molar-refractivity contribution in [2.75, 3.05) is 19.5 Å². The van der Waals surface area contributed by atoms with Gasteiger partial charge in [0.05, 0.1) is 20.5 Å². The van der Waals surface area contributed by atoms with E-state index in [-0.39, 0.29) is 5.91 Å². The van der Waals surface area contributed by atoms with Crippen LogP contribution in [-0.2, 0) is 4.79 Å². The molecule has 7 nitrogen and oxygen atoms in total. The number of furan rings is 1. The number of aromatic nitrogens is 1. The normalized spacial score (nSPS) is 11.5. The molecule has 2 heterocycles. The molecule has 31 heavy (non-hydrogen) atoms. The predicted octanol–water partition coefficient (Wildman–Crippen LogP) is 5.46. The van der Waals surface area contributed by atoms with Gasteiger partial charge in [-0.2, -0.15) is 0 Å². The van der Waals surface area contributed by atoms with Gasteiger partial charge in [0.1, 0.15) is 22.8 Å². The number of carbonyl (C=O) groups excluding carboxylic acids is 1. The summed E-state index contributed by atoms with van der Waals surface area (Å²) in [4.78, 5) is 12.4. The Labute approximate surface area is 179 Å². The molecule has 0 unspecified atom stereocenters. The van der Waals surface area contributed by atoms with Gasteiger partial charge in [0.15, 0.2) is 5.82 Å². The fraction of sp³-hybridized carbons (Fsp3) is 0.167. The molecule has 1 amide bonds. The third kappa shape index (κ3) is 4.16. The number of anilines is 1. The lowest BCUT2D eigenvalue weighted by molar-refractivity contribution is -0.111. The maximum absolute atomic E-state index is 12.4. The minimum atomic E-state index is -0.312. The van der Waals surface area contributed by atoms with Gasteiger partial charge in [-0.25, -0.2) is 0 Å². The summed E-state index contributed by atoms with van der Waals surface area (Å²) in [6.07, 6.45) is 3.21. The van der Waals surface area contributed by atoms with Crippen LogP contribution in [0, 0.1) is 6.92 Å². The first-order chi connectivity index (χ1) is 15.0. The molecular weight excluding hydrogens is 396 g/mol. The molecule has 0 aliphatic rings. The van der Waals surface area contributed by atoms with E-state index in [4.69, 9.17) is 18.4 Å². The largest absolute Gasteiger partial charge is 0.497 e. The number of hydrogen-bond donors (Lipinski definition) is 1. The Morgan fingerprint density at radius 3 is 2.68 bits per heavy atom. The number of benzene rings is 2. The Morgan fingerprint density at radius 1 is 1.13 bits per heavy atom. The number of allylic oxidation sites excluding steroid dienone is 1. The Bertz CT molecular complexity index is 1280. The Kier molecular flexibility index (Phi) is 5.49. The second-order valence-corrected chi connectivity index (χ2v) is 7.07. The summed E-state index contributed by atoms with van der Waals surface area (Å²) >= 11 is 0. The van der Waals surface area contributed by atoms with E-state index < -0.39 is 0 Å². The van der Waals surface area contributed by atoms with Gasteiger partial charge in [0, 0.05) is 34.7 Å². The third-order valence-electron chi connectivity index (χ3n) is 4.93. The van der Waals surface area contributed by atoms with Gasteiger partial charge in [0.2, 0.25) is 5.91 Å². The summed E-state index contributed by atoms with van der Waals surface area (Å²) in [7, 11) is 3.22. The summed E-state index contributed by atoms with van der Waals surface area (Å²) < 4.78 is 21.6. The first-order valence-corrected chi connectivity index (χ1v) is 9.65. The zero-order valence-corrected chi connectivity index (χ0v) is 17.7. The highest BCUT2D eigenvalue weighted by Gasteiger charge is 2.15. The molecule has 1 N–H and O–H groups in total. The van der Waals surface area contributed by atoms with E-state index in [1.807, 2.05) is 43.3 Å². The molecule has 2 aromatic carbocycles. The van der Waals surface area contributed by atoms with Crippen LogP contribution in [0.25, 0.3) is 27.7 Å². The molecule has 0 saturated carbocycles. The SMILES string of the molecule is COc1cccc(-c2coc3cc(OC)c(/C(C)=C/C(=O)Nc4cc(C)on4)cc23)c1. The van der Waals surface area contributed by atoms with E-state index in [0.29, 0.717) is 22.9 Å². The van der Waals surface area contributed by atoms with Crippen molar-refractivity contribution in [3.63, 3.8) is 0 Å². The predicted molar refractivity (Wildman–Crippen MR) is 118 cm³/mol. The van der Waals surface area contributed by atoms with E-state index in [1.54, 1.807) is 33.5 Å². The molecule has 0 aliphatic carbocycles. The van der Waals surface area contributed by atoms with Crippen molar-refractivity contribution < 1.29 is 23.2 Å². The van der Waals surface area contributed by atoms with Crippen molar-refractivity contribution in [1.82, 2.24) is 5.16 Å². The number of hydrogen-bond acceptors (Lipinski definition) is 6. The van der Waals surface area contributed by atoms with Crippen LogP contribution in [0.3, 0.4) is 0 Å². The van der Waals surface area contributed by atoms with Crippen LogP contribution in [0.1, 0.15) is 18.2 Å². The highest BCUT2D eigenvalue weighted by molar-refractivity contribution is 6.05. The fourth-order valence-electron chi connectivity index (χ4n) is 3.41. The summed E-state index contributed by atoms with van der Waals surface area (Å²) in [5.74, 6) is 2.04. The second kappa shape index (κ2) is 8.39. The number of rotatable bonds is 6. The molecule has 0 bridgehead atoms. The van der Waals surface area contributed by atoms with Gasteiger partial charge in [0.25, 0.3) is 0 Å². The second-order valence-electron chi connectivity index (χ2n) is 7.07. The molecule has 4 rings (SSSR count). The molecule has 158 valence electrons. The molecular formula is C24H22N2O5. The molecule has 0 radical (unpaired) electrons. The zero-order valence-electron chi connectivity index (χ0n) is 17.7. The fourth-order valence-corrected chi connectivity index (χ4v) is 3.41. The number of methoxy groups -OCH3 is 2. The third-order valence-corrected chi connectivity index (χ3v) is 4.93. The van der Waals surface area contributed by atoms with Gasteiger partial charge in [-0.15, -0.1) is 0 Å². The number of amides is 1. The standard InChI is InChI=1S/C24H22N2O5/c1-14(8-24(27)25-23-9-15(2)31-26-23)18-11-19-20(13-30-22(19)12-21(18)29-4)16-6-5-7-17(10-16)28-3/h5-13H,1-4H3,(H,25,26,27)/b14-8+. The van der Waals surface area contributed by atoms with Crippen LogP contribution < -0.4 is 14.8 Å². The quantitative estimate of drug-likeness (QED) is 0.419. The minimum Gasteiger partial charge on any atom is -0.497 e. The maximum atomic E-state index is 12.4. The van der Waals surface area contributed by atoms with Crippen molar-refractivity contribution in [3.8, 4) is 22.6 Å². The number of nitrogens with one attached hydrogen (secondary N) is 1. The van der Waals surface area contributed by atoms with Gasteiger partial charge in [-0.1, -0.05) is 17.3 Å². The highest BCUT2D eigenvalue weighted by Crippen LogP contribution is 2.38. The number of ether oxygens (including phenoxy) is 2. The average Bonchev–Trinajstić information content (AvgIpc) is 3.37. The topological polar surface area (TPSA) is 86.7 Å². The first-order valence-electron chi connectivity index (χ1n) is 9.65. The van der Waals surface area contributed by atoms with E-state index >= 15 is 0 Å². The molecule has 2 aromatic heterocycles. The van der Waals surface area contributed by atoms with Crippen LogP contribution in [0.2, 0.25) is 0 Å². The molecule has 0 fully saturated rings. The van der Waals surface area contributed by atoms with Crippen molar-refractivity contribution in [2.45, 2.75) is 13.8 Å². The average molecular weight is 418 g/mol. The molecule has 7 heteroatoms. The maximum Gasteiger partial charge on any atom is 0.249 e. The number of carbonyl (C=O) groups is 1. The van der Waals surface area contributed by atoms with E-state index in [9.17, 15) is 4.79 Å².